The van der Waals surface area contributed by atoms with E-state index < -0.39 is 29.2 Å². The first-order chi connectivity index (χ1) is 16.4. The number of carboxylic acid groups (broad SMARTS) is 1. The molecule has 13 heteroatoms. The van der Waals surface area contributed by atoms with E-state index in [-0.39, 0.29) is 22.2 Å². The van der Waals surface area contributed by atoms with Gasteiger partial charge in [-0.1, -0.05) is 17.3 Å². The number of anilines is 1. The maximum absolute atomic E-state index is 12.9. The third-order valence-electron chi connectivity index (χ3n) is 5.06. The van der Waals surface area contributed by atoms with Crippen molar-refractivity contribution < 1.29 is 28.9 Å². The molecule has 2 aliphatic heterocycles. The molecule has 4 rings (SSSR count). The van der Waals surface area contributed by atoms with Crippen LogP contribution in [0, 0.1) is 0 Å². The van der Waals surface area contributed by atoms with Crippen LogP contribution in [0.5, 0.6) is 0 Å². The minimum Gasteiger partial charge on any atom is -0.477 e. The highest BCUT2D eigenvalue weighted by molar-refractivity contribution is 8.00. The van der Waals surface area contributed by atoms with E-state index in [1.807, 2.05) is 41.2 Å². The van der Waals surface area contributed by atoms with Gasteiger partial charge in [-0.25, -0.2) is 14.3 Å². The van der Waals surface area contributed by atoms with Gasteiger partial charge in [0, 0.05) is 23.3 Å². The molecule has 2 amide bonds. The minimum atomic E-state index is -1.20. The van der Waals surface area contributed by atoms with Crippen molar-refractivity contribution in [3.8, 4) is 0 Å². The molecule has 2 aliphatic rings. The lowest BCUT2D eigenvalue weighted by Gasteiger charge is -2.49. The number of amides is 2. The maximum Gasteiger partial charge on any atom is 0.352 e. The van der Waals surface area contributed by atoms with E-state index in [4.69, 9.17) is 10.6 Å². The first-order valence-corrected chi connectivity index (χ1v) is 12.0. The molecule has 34 heavy (non-hydrogen) atoms. The molecule has 1 fully saturated rings. The van der Waals surface area contributed by atoms with E-state index in [1.165, 1.54) is 23.8 Å². The largest absolute Gasteiger partial charge is 0.477 e. The quantitative estimate of drug-likeness (QED) is 0.203. The van der Waals surface area contributed by atoms with Gasteiger partial charge >= 0.3 is 5.97 Å². The summed E-state index contributed by atoms with van der Waals surface area (Å²) in [5, 5.41) is 17.4. The average Bonchev–Trinajstić information content (AvgIpc) is 3.26. The van der Waals surface area contributed by atoms with Gasteiger partial charge in [0.05, 0.1) is 0 Å². The zero-order chi connectivity index (χ0) is 24.2. The summed E-state index contributed by atoms with van der Waals surface area (Å²) in [6.07, 6.45) is 7.36. The number of thioether (sulfide) groups is 1. The molecule has 4 heterocycles. The number of nitrogens with one attached hydrogen (secondary N) is 1. The number of pyridine rings is 1. The number of aliphatic carboxylic acids is 1. The van der Waals surface area contributed by atoms with Crippen molar-refractivity contribution >= 4 is 51.7 Å². The van der Waals surface area contributed by atoms with Crippen LogP contribution in [-0.2, 0) is 25.8 Å². The zero-order valence-electron chi connectivity index (χ0n) is 18.0. The van der Waals surface area contributed by atoms with Crippen LogP contribution in [0.15, 0.2) is 64.6 Å². The Morgan fingerprint density at radius 2 is 2.18 bits per heavy atom. The number of carbonyl (C=O) groups excluding carboxylic acids is 2. The summed E-state index contributed by atoms with van der Waals surface area (Å²) in [5.74, 6) is -2.01. The molecular formula is C21H21N6O5S2+. The Hall–Kier alpha value is -3.71. The second-order valence-corrected chi connectivity index (χ2v) is 9.20. The van der Waals surface area contributed by atoms with Gasteiger partial charge in [-0.2, -0.15) is 0 Å². The molecule has 11 nitrogen and oxygen atoms in total. The van der Waals surface area contributed by atoms with Gasteiger partial charge in [0.15, 0.2) is 29.8 Å². The lowest BCUT2D eigenvalue weighted by atomic mass is 10.0. The number of aromatic nitrogens is 2. The monoisotopic (exact) mass is 501 g/mol. The van der Waals surface area contributed by atoms with E-state index >= 15 is 0 Å². The van der Waals surface area contributed by atoms with Crippen LogP contribution in [0.4, 0.5) is 5.13 Å². The topological polar surface area (TPSA) is 151 Å². The Labute approximate surface area is 202 Å². The van der Waals surface area contributed by atoms with Crippen molar-refractivity contribution in [1.29, 1.82) is 0 Å². The number of allylic oxidation sites excluding steroid dienone is 2. The highest BCUT2D eigenvalue weighted by atomic mass is 32.2. The number of carboxylic acids is 1. The summed E-state index contributed by atoms with van der Waals surface area (Å²) in [5.41, 5.74) is 6.18. The van der Waals surface area contributed by atoms with Crippen LogP contribution >= 0.6 is 23.1 Å². The standard InChI is InChI=1S/C21H20N6O5S2/c1-32-25-14(13-11-34-21(22)23-13)17(28)24-15-18(29)27-16(20(30)31)12(10-33-19(15)27)6-5-9-26-7-3-2-4-8-26/h2-8,11,15,19H,9-10H2,1H3,(H3-,22,23,24,28,30,31)/p+1/b6-5+,25-14-/t15?,19-/m1/s1. The van der Waals surface area contributed by atoms with E-state index in [1.54, 1.807) is 11.5 Å². The van der Waals surface area contributed by atoms with Gasteiger partial charge < -0.3 is 21.0 Å². The number of hydrogen-bond acceptors (Lipinski definition) is 9. The van der Waals surface area contributed by atoms with Gasteiger partial charge in [-0.15, -0.1) is 23.1 Å². The Morgan fingerprint density at radius 1 is 1.41 bits per heavy atom. The molecule has 2 aromatic rings. The molecule has 176 valence electrons. The molecule has 1 unspecified atom stereocenters. The predicted molar refractivity (Wildman–Crippen MR) is 126 cm³/mol. The second-order valence-electron chi connectivity index (χ2n) is 7.21. The van der Waals surface area contributed by atoms with E-state index in [9.17, 15) is 19.5 Å². The van der Waals surface area contributed by atoms with Crippen molar-refractivity contribution in [2.45, 2.75) is 18.0 Å². The first-order valence-electron chi connectivity index (χ1n) is 10.1. The molecule has 0 aliphatic carbocycles. The molecule has 0 aromatic carbocycles. The normalized spacial score (nSPS) is 20.2. The molecule has 0 radical (unpaired) electrons. The molecule has 0 saturated carbocycles. The minimum absolute atomic E-state index is 0.0772. The van der Waals surface area contributed by atoms with Gasteiger partial charge in [0.2, 0.25) is 0 Å². The summed E-state index contributed by atoms with van der Waals surface area (Å²) < 4.78 is 1.94. The van der Waals surface area contributed by atoms with Crippen LogP contribution in [0.2, 0.25) is 0 Å². The molecule has 1 saturated heterocycles. The summed E-state index contributed by atoms with van der Waals surface area (Å²) in [7, 11) is 1.28. The maximum atomic E-state index is 12.9. The van der Waals surface area contributed by atoms with Crippen molar-refractivity contribution in [3.63, 3.8) is 0 Å². The van der Waals surface area contributed by atoms with Gasteiger partial charge in [0.25, 0.3) is 11.8 Å². The smallest absolute Gasteiger partial charge is 0.352 e. The summed E-state index contributed by atoms with van der Waals surface area (Å²) in [6.45, 7) is 0.556. The third-order valence-corrected chi connectivity index (χ3v) is 7.04. The Balaban J connectivity index is 1.49. The van der Waals surface area contributed by atoms with Crippen LogP contribution in [0.25, 0.3) is 0 Å². The van der Waals surface area contributed by atoms with Crippen LogP contribution in [0.1, 0.15) is 5.69 Å². The fourth-order valence-corrected chi connectivity index (χ4v) is 5.41. The molecule has 0 spiro atoms. The highest BCUT2D eigenvalue weighted by Gasteiger charge is 2.54. The van der Waals surface area contributed by atoms with Crippen molar-refractivity contribution in [2.24, 2.45) is 5.16 Å². The first kappa shape index (κ1) is 23.4. The van der Waals surface area contributed by atoms with E-state index in [2.05, 4.69) is 15.5 Å². The summed E-state index contributed by atoms with van der Waals surface area (Å²) in [6, 6.07) is 4.80. The lowest BCUT2D eigenvalue weighted by molar-refractivity contribution is -0.687. The fourth-order valence-electron chi connectivity index (χ4n) is 3.55. The van der Waals surface area contributed by atoms with E-state index in [0.29, 0.717) is 17.9 Å². The second kappa shape index (κ2) is 10.1. The molecule has 2 aromatic heterocycles. The number of oxime groups is 1. The molecule has 4 N–H and O–H groups in total. The SMILES string of the molecule is CO/N=C(\C(=O)NC1C(=O)N2C(C(=O)O)=C(/C=C/C[n+]3ccccc3)CS[C@H]12)c1csc(N)n1. The van der Waals surface area contributed by atoms with Gasteiger partial charge in [0.1, 0.15) is 29.9 Å². The highest BCUT2D eigenvalue weighted by Crippen LogP contribution is 2.40. The summed E-state index contributed by atoms with van der Waals surface area (Å²) in [4.78, 5) is 47.7. The van der Waals surface area contributed by atoms with E-state index in [0.717, 1.165) is 11.3 Å². The van der Waals surface area contributed by atoms with Crippen molar-refractivity contribution in [1.82, 2.24) is 15.2 Å². The third kappa shape index (κ3) is 4.65. The average molecular weight is 502 g/mol. The Kier molecular flexibility index (Phi) is 6.93. The van der Waals surface area contributed by atoms with Gasteiger partial charge in [-0.05, 0) is 11.6 Å². The van der Waals surface area contributed by atoms with Crippen LogP contribution in [-0.4, -0.2) is 62.8 Å². The molecule has 0 bridgehead atoms. The molecular weight excluding hydrogens is 480 g/mol. The Bertz CT molecular complexity index is 1210. The van der Waals surface area contributed by atoms with Crippen molar-refractivity contribution in [3.05, 3.63) is 65.1 Å². The number of fused-ring (bicyclic) bond motifs is 1. The number of thiazole rings is 1. The number of rotatable bonds is 8. The van der Waals surface area contributed by atoms with Crippen molar-refractivity contribution in [2.75, 3.05) is 18.6 Å². The Morgan fingerprint density at radius 3 is 2.82 bits per heavy atom. The number of hydrogen-bond donors (Lipinski definition) is 3. The van der Waals surface area contributed by atoms with Crippen LogP contribution < -0.4 is 15.6 Å². The van der Waals surface area contributed by atoms with Crippen LogP contribution in [0.3, 0.4) is 0 Å². The lowest BCUT2D eigenvalue weighted by Crippen LogP contribution is -2.71. The molecule has 2 atom stereocenters. The predicted octanol–water partition coefficient (Wildman–Crippen LogP) is 0.358. The van der Waals surface area contributed by atoms with Gasteiger partial charge in [-0.3, -0.25) is 14.5 Å². The summed E-state index contributed by atoms with van der Waals surface area (Å²) >= 11 is 2.51. The number of nitrogens with zero attached hydrogens (tertiary/aromatic N) is 4. The number of carbonyl (C=O) groups is 3. The number of β-lactam (4-membered cyclic amide) rings is 1. The zero-order valence-corrected chi connectivity index (χ0v) is 19.6. The number of nitrogens with two attached hydrogens (primary N) is 1. The fraction of sp³-hybridized carbons (Fsp3) is 0.238. The number of nitrogen functional groups attached to an aromatic ring is 1.